The highest BCUT2D eigenvalue weighted by Crippen LogP contribution is 2.13. The van der Waals surface area contributed by atoms with Crippen LogP contribution in [0, 0.1) is 0 Å². The Hall–Kier alpha value is -1.62. The van der Waals surface area contributed by atoms with Crippen molar-refractivity contribution in [2.24, 2.45) is 0 Å². The summed E-state index contributed by atoms with van der Waals surface area (Å²) in [5.74, 6) is -1.01. The van der Waals surface area contributed by atoms with Gasteiger partial charge in [0.05, 0.1) is 5.56 Å². The molecule has 0 aliphatic carbocycles. The smallest absolute Gasteiger partial charge is 0.342 e. The fourth-order valence-electron chi connectivity index (χ4n) is 1.13. The van der Waals surface area contributed by atoms with E-state index in [1.807, 2.05) is 0 Å². The molecule has 1 aromatic heterocycles. The van der Waals surface area contributed by atoms with E-state index in [0.29, 0.717) is 6.54 Å². The minimum atomic E-state index is -0.862. The van der Waals surface area contributed by atoms with E-state index < -0.39 is 12.1 Å². The molecule has 0 aromatic carbocycles. The van der Waals surface area contributed by atoms with E-state index >= 15 is 0 Å². The number of esters is 1. The van der Waals surface area contributed by atoms with Gasteiger partial charge in [0.1, 0.15) is 5.15 Å². The van der Waals surface area contributed by atoms with Crippen LogP contribution in [0.5, 0.6) is 0 Å². The van der Waals surface area contributed by atoms with Crippen LogP contribution in [0.2, 0.25) is 5.15 Å². The number of aromatic nitrogens is 1. The summed E-state index contributed by atoms with van der Waals surface area (Å²) in [7, 11) is 0. The van der Waals surface area contributed by atoms with Crippen molar-refractivity contribution in [3.05, 3.63) is 29.0 Å². The number of carbonyl (C=O) groups is 2. The van der Waals surface area contributed by atoms with Gasteiger partial charge in [0.15, 0.2) is 6.10 Å². The van der Waals surface area contributed by atoms with Crippen LogP contribution in [0.4, 0.5) is 0 Å². The van der Waals surface area contributed by atoms with Crippen LogP contribution in [0.15, 0.2) is 18.3 Å². The maximum absolute atomic E-state index is 11.7. The normalized spacial score (nSPS) is 11.7. The number of carbonyl (C=O) groups excluding carboxylic acids is 2. The second-order valence-corrected chi connectivity index (χ2v) is 3.64. The highest BCUT2D eigenvalue weighted by atomic mass is 35.5. The molecule has 0 fully saturated rings. The molecule has 1 heterocycles. The molecule has 92 valence electrons. The number of hydrogen-bond donors (Lipinski definition) is 1. The number of ether oxygens (including phenoxy) is 1. The van der Waals surface area contributed by atoms with Crippen LogP contribution in [0.1, 0.15) is 24.2 Å². The van der Waals surface area contributed by atoms with Gasteiger partial charge in [-0.05, 0) is 26.0 Å². The first kappa shape index (κ1) is 13.4. The van der Waals surface area contributed by atoms with Crippen molar-refractivity contribution < 1.29 is 14.3 Å². The summed E-state index contributed by atoms with van der Waals surface area (Å²) in [6.07, 6.45) is 0.602. The summed E-state index contributed by atoms with van der Waals surface area (Å²) in [4.78, 5) is 26.8. The second-order valence-electron chi connectivity index (χ2n) is 3.28. The summed E-state index contributed by atoms with van der Waals surface area (Å²) in [5, 5.41) is 2.61. The minimum absolute atomic E-state index is 0.0561. The molecular weight excluding hydrogens is 244 g/mol. The number of nitrogens with one attached hydrogen (secondary N) is 1. The monoisotopic (exact) mass is 256 g/mol. The molecule has 1 N–H and O–H groups in total. The Bertz CT molecular complexity index is 423. The van der Waals surface area contributed by atoms with Crippen molar-refractivity contribution in [3.8, 4) is 0 Å². The standard InChI is InChI=1S/C11H13ClN2O3/c1-3-13-10(15)7(2)17-11(16)8-5-4-6-14-9(8)12/h4-7H,3H2,1-2H3,(H,13,15)/t7-/m0/s1. The molecule has 5 nitrogen and oxygen atoms in total. The third-order valence-corrected chi connectivity index (χ3v) is 2.28. The van der Waals surface area contributed by atoms with Gasteiger partial charge in [-0.2, -0.15) is 0 Å². The summed E-state index contributed by atoms with van der Waals surface area (Å²) >= 11 is 5.73. The van der Waals surface area contributed by atoms with Crippen molar-refractivity contribution in [2.45, 2.75) is 20.0 Å². The molecule has 1 rings (SSSR count). The van der Waals surface area contributed by atoms with E-state index in [-0.39, 0.29) is 16.6 Å². The van der Waals surface area contributed by atoms with E-state index in [0.717, 1.165) is 0 Å². The maximum Gasteiger partial charge on any atom is 0.342 e. The van der Waals surface area contributed by atoms with Gasteiger partial charge in [0.25, 0.3) is 5.91 Å². The second kappa shape index (κ2) is 6.20. The van der Waals surface area contributed by atoms with E-state index in [2.05, 4.69) is 10.3 Å². The molecule has 17 heavy (non-hydrogen) atoms. The van der Waals surface area contributed by atoms with E-state index in [4.69, 9.17) is 16.3 Å². The summed E-state index contributed by atoms with van der Waals surface area (Å²) in [5.41, 5.74) is 0.144. The zero-order valence-electron chi connectivity index (χ0n) is 9.57. The molecule has 0 aliphatic heterocycles. The van der Waals surface area contributed by atoms with Crippen molar-refractivity contribution in [3.63, 3.8) is 0 Å². The molecule has 0 unspecified atom stereocenters. The predicted molar refractivity (Wildman–Crippen MR) is 62.8 cm³/mol. The van der Waals surface area contributed by atoms with E-state index in [1.54, 1.807) is 13.0 Å². The molecule has 0 saturated carbocycles. The first-order valence-corrected chi connectivity index (χ1v) is 5.53. The SMILES string of the molecule is CCNC(=O)[C@H](C)OC(=O)c1cccnc1Cl. The molecule has 6 heteroatoms. The number of likely N-dealkylation sites (N-methyl/N-ethyl adjacent to an activating group) is 1. The molecule has 0 bridgehead atoms. The number of nitrogens with zero attached hydrogens (tertiary/aromatic N) is 1. The Kier molecular flexibility index (Phi) is 4.90. The van der Waals surface area contributed by atoms with Crippen molar-refractivity contribution >= 4 is 23.5 Å². The summed E-state index contributed by atoms with van der Waals surface area (Å²) in [6, 6.07) is 3.06. The van der Waals surface area contributed by atoms with E-state index in [9.17, 15) is 9.59 Å². The van der Waals surface area contributed by atoms with Crippen molar-refractivity contribution in [1.82, 2.24) is 10.3 Å². The van der Waals surface area contributed by atoms with Gasteiger partial charge in [-0.25, -0.2) is 9.78 Å². The first-order chi connectivity index (χ1) is 8.06. The zero-order chi connectivity index (χ0) is 12.8. The van der Waals surface area contributed by atoms with Crippen LogP contribution in [0.25, 0.3) is 0 Å². The molecule has 1 amide bonds. The lowest BCUT2D eigenvalue weighted by molar-refractivity contribution is -0.128. The minimum Gasteiger partial charge on any atom is -0.449 e. The van der Waals surface area contributed by atoms with Gasteiger partial charge in [-0.3, -0.25) is 4.79 Å². The Morgan fingerprint density at radius 2 is 2.29 bits per heavy atom. The molecule has 0 saturated heterocycles. The number of amides is 1. The molecular formula is C11H13ClN2O3. The van der Waals surface area contributed by atoms with Crippen molar-refractivity contribution in [1.29, 1.82) is 0 Å². The number of rotatable bonds is 4. The van der Waals surface area contributed by atoms with Gasteiger partial charge in [0, 0.05) is 12.7 Å². The summed E-state index contributed by atoms with van der Waals surface area (Å²) < 4.78 is 4.96. The topological polar surface area (TPSA) is 68.3 Å². The average molecular weight is 257 g/mol. The molecule has 1 aromatic rings. The Morgan fingerprint density at radius 1 is 1.59 bits per heavy atom. The largest absolute Gasteiger partial charge is 0.449 e. The third-order valence-electron chi connectivity index (χ3n) is 1.98. The lowest BCUT2D eigenvalue weighted by Gasteiger charge is -2.12. The zero-order valence-corrected chi connectivity index (χ0v) is 10.3. The average Bonchev–Trinajstić information content (AvgIpc) is 2.29. The van der Waals surface area contributed by atoms with Crippen molar-refractivity contribution in [2.75, 3.05) is 6.54 Å². The predicted octanol–water partition coefficient (Wildman–Crippen LogP) is 1.42. The first-order valence-electron chi connectivity index (χ1n) is 5.15. The van der Waals surface area contributed by atoms with Crippen LogP contribution in [-0.4, -0.2) is 29.5 Å². The Labute approximate surface area is 104 Å². The van der Waals surface area contributed by atoms with Crippen LogP contribution in [0.3, 0.4) is 0 Å². The molecule has 1 atom stereocenters. The van der Waals surface area contributed by atoms with Gasteiger partial charge < -0.3 is 10.1 Å². The number of hydrogen-bond acceptors (Lipinski definition) is 4. The lowest BCUT2D eigenvalue weighted by Crippen LogP contribution is -2.35. The highest BCUT2D eigenvalue weighted by Gasteiger charge is 2.19. The van der Waals surface area contributed by atoms with Crippen LogP contribution in [-0.2, 0) is 9.53 Å². The molecule has 0 spiro atoms. The number of pyridine rings is 1. The van der Waals surface area contributed by atoms with Gasteiger partial charge >= 0.3 is 5.97 Å². The van der Waals surface area contributed by atoms with Gasteiger partial charge in [-0.1, -0.05) is 11.6 Å². The lowest BCUT2D eigenvalue weighted by atomic mass is 10.3. The molecule has 0 radical (unpaired) electrons. The van der Waals surface area contributed by atoms with Crippen LogP contribution >= 0.6 is 11.6 Å². The van der Waals surface area contributed by atoms with Gasteiger partial charge in [-0.15, -0.1) is 0 Å². The summed E-state index contributed by atoms with van der Waals surface area (Å²) in [6.45, 7) is 3.76. The Morgan fingerprint density at radius 3 is 2.88 bits per heavy atom. The number of halogens is 1. The maximum atomic E-state index is 11.7. The molecule has 0 aliphatic rings. The Balaban J connectivity index is 2.67. The fourth-order valence-corrected chi connectivity index (χ4v) is 1.33. The van der Waals surface area contributed by atoms with Crippen LogP contribution < -0.4 is 5.32 Å². The quantitative estimate of drug-likeness (QED) is 0.653. The fraction of sp³-hybridized carbons (Fsp3) is 0.364. The third kappa shape index (κ3) is 3.71. The van der Waals surface area contributed by atoms with Gasteiger partial charge in [0.2, 0.25) is 0 Å². The highest BCUT2D eigenvalue weighted by molar-refractivity contribution is 6.32. The van der Waals surface area contributed by atoms with E-state index in [1.165, 1.54) is 19.2 Å².